The number of ether oxygens (including phenoxy) is 4. The van der Waals surface area contributed by atoms with Crippen LogP contribution in [0, 0.1) is 18.6 Å². The van der Waals surface area contributed by atoms with Gasteiger partial charge < -0.3 is 29.4 Å². The Bertz CT molecular complexity index is 1080. The highest BCUT2D eigenvalue weighted by atomic mass is 19.1. The number of hydrogen-bond acceptors (Lipinski definition) is 6. The lowest BCUT2D eigenvalue weighted by Gasteiger charge is -2.35. The number of hydrogen-bond donors (Lipinski definition) is 2. The second kappa shape index (κ2) is 11.0. The maximum Gasteiger partial charge on any atom is 0.329 e. The van der Waals surface area contributed by atoms with Crippen LogP contribution >= 0.6 is 0 Å². The number of methoxy groups -OCH3 is 2. The molecule has 2 fully saturated rings. The topological polar surface area (TPSA) is 86.3 Å². The molecule has 0 aromatic heterocycles. The summed E-state index contributed by atoms with van der Waals surface area (Å²) in [4.78, 5) is 12.1. The summed E-state index contributed by atoms with van der Waals surface area (Å²) in [5.74, 6) is -2.82. The monoisotopic (exact) mass is 505 g/mol. The average molecular weight is 506 g/mol. The number of benzene rings is 2. The fourth-order valence-electron chi connectivity index (χ4n) is 5.16. The molecule has 0 atom stereocenters. The zero-order valence-electron chi connectivity index (χ0n) is 20.9. The Kier molecular flexibility index (Phi) is 8.00. The van der Waals surface area contributed by atoms with Crippen molar-refractivity contribution in [2.45, 2.75) is 63.7 Å². The van der Waals surface area contributed by atoms with Crippen LogP contribution in [0.5, 0.6) is 11.5 Å². The van der Waals surface area contributed by atoms with Crippen molar-refractivity contribution >= 4 is 11.7 Å². The minimum Gasteiger partial charge on any atom is -0.493 e. The summed E-state index contributed by atoms with van der Waals surface area (Å²) < 4.78 is 53.1. The van der Waals surface area contributed by atoms with Gasteiger partial charge in [-0.1, -0.05) is 18.9 Å². The number of carbonyl (C=O) groups is 1. The zero-order valence-corrected chi connectivity index (χ0v) is 20.9. The van der Waals surface area contributed by atoms with Crippen molar-refractivity contribution in [3.05, 3.63) is 41.0 Å². The van der Waals surface area contributed by atoms with Gasteiger partial charge in [-0.2, -0.15) is 0 Å². The Morgan fingerprint density at radius 1 is 1.11 bits per heavy atom. The zero-order chi connectivity index (χ0) is 25.9. The first-order chi connectivity index (χ1) is 17.3. The molecule has 0 unspecified atom stereocenters. The van der Waals surface area contributed by atoms with E-state index in [9.17, 15) is 9.90 Å². The van der Waals surface area contributed by atoms with Gasteiger partial charge in [-0.25, -0.2) is 13.6 Å². The van der Waals surface area contributed by atoms with Gasteiger partial charge in [0.05, 0.1) is 32.5 Å². The van der Waals surface area contributed by atoms with E-state index in [0.29, 0.717) is 42.9 Å². The van der Waals surface area contributed by atoms with Crippen molar-refractivity contribution in [3.63, 3.8) is 0 Å². The lowest BCUT2D eigenvalue weighted by molar-refractivity contribution is -0.145. The summed E-state index contributed by atoms with van der Waals surface area (Å²) in [5, 5.41) is 13.1. The van der Waals surface area contributed by atoms with Crippen molar-refractivity contribution in [2.75, 3.05) is 32.8 Å². The molecule has 1 aliphatic heterocycles. The standard InChI is InChI=1S/C27H33F2NO6/c1-16-24(33-2)22(28)21(23(29)25(16)34-3)20-9-8-18(14-17(20)15-36-19-6-4-5-7-19)30-27(26(31)32)10-12-35-13-11-27/h8-9,14,19,30H,4-7,10-13,15H2,1-3H3,(H,31,32). The van der Waals surface area contributed by atoms with Crippen LogP contribution in [0.2, 0.25) is 0 Å². The molecule has 0 spiro atoms. The lowest BCUT2D eigenvalue weighted by Crippen LogP contribution is -2.50. The van der Waals surface area contributed by atoms with Crippen molar-refractivity contribution in [1.29, 1.82) is 0 Å². The van der Waals surface area contributed by atoms with Crippen molar-refractivity contribution < 1.29 is 37.6 Å². The van der Waals surface area contributed by atoms with Crippen LogP contribution in [0.4, 0.5) is 14.5 Å². The summed E-state index contributed by atoms with van der Waals surface area (Å²) in [5.41, 5.74) is 0.121. The molecular formula is C27H33F2NO6. The van der Waals surface area contributed by atoms with Crippen LogP contribution in [0.15, 0.2) is 18.2 Å². The molecule has 9 heteroatoms. The molecule has 1 saturated carbocycles. The van der Waals surface area contributed by atoms with E-state index in [-0.39, 0.29) is 35.3 Å². The van der Waals surface area contributed by atoms with E-state index < -0.39 is 23.1 Å². The van der Waals surface area contributed by atoms with Gasteiger partial charge in [-0.05, 0) is 43.0 Å². The van der Waals surface area contributed by atoms with Gasteiger partial charge in [0.1, 0.15) is 5.54 Å². The number of anilines is 1. The molecule has 2 aromatic carbocycles. The lowest BCUT2D eigenvalue weighted by atomic mass is 9.89. The molecule has 1 heterocycles. The Balaban J connectivity index is 1.79. The molecule has 36 heavy (non-hydrogen) atoms. The van der Waals surface area contributed by atoms with Gasteiger partial charge in [-0.15, -0.1) is 0 Å². The minimum absolute atomic E-state index is 0.0760. The number of halogens is 2. The third-order valence-electron chi connectivity index (χ3n) is 7.22. The van der Waals surface area contributed by atoms with Gasteiger partial charge >= 0.3 is 5.97 Å². The van der Waals surface area contributed by atoms with E-state index in [1.54, 1.807) is 18.2 Å². The molecule has 1 aliphatic carbocycles. The summed E-state index contributed by atoms with van der Waals surface area (Å²) in [6.07, 6.45) is 4.71. The molecule has 196 valence electrons. The average Bonchev–Trinajstić information content (AvgIpc) is 3.38. The number of nitrogens with one attached hydrogen (secondary N) is 1. The highest BCUT2D eigenvalue weighted by Gasteiger charge is 2.40. The number of carboxylic acids is 1. The maximum absolute atomic E-state index is 15.6. The second-order valence-electron chi connectivity index (χ2n) is 9.41. The Hall–Kier alpha value is -2.91. The van der Waals surface area contributed by atoms with E-state index in [4.69, 9.17) is 18.9 Å². The van der Waals surface area contributed by atoms with Gasteiger partial charge in [0.25, 0.3) is 0 Å². The quantitative estimate of drug-likeness (QED) is 0.468. The first-order valence-electron chi connectivity index (χ1n) is 12.2. The number of aliphatic carboxylic acids is 1. The number of carboxylic acid groups (broad SMARTS) is 1. The molecule has 2 aromatic rings. The summed E-state index contributed by atoms with van der Waals surface area (Å²) in [6.45, 7) is 2.31. The van der Waals surface area contributed by atoms with Gasteiger partial charge in [-0.3, -0.25) is 0 Å². The molecule has 0 amide bonds. The fraction of sp³-hybridized carbons (Fsp3) is 0.519. The molecule has 2 aliphatic rings. The van der Waals surface area contributed by atoms with E-state index in [0.717, 1.165) is 25.7 Å². The third kappa shape index (κ3) is 4.99. The normalized spacial score (nSPS) is 17.7. The number of rotatable bonds is 9. The molecular weight excluding hydrogens is 472 g/mol. The highest BCUT2D eigenvalue weighted by molar-refractivity contribution is 5.84. The summed E-state index contributed by atoms with van der Waals surface area (Å²) >= 11 is 0. The molecule has 1 saturated heterocycles. The largest absolute Gasteiger partial charge is 0.493 e. The Morgan fingerprint density at radius 3 is 2.28 bits per heavy atom. The van der Waals surface area contributed by atoms with Crippen LogP contribution in [-0.2, 0) is 20.9 Å². The van der Waals surface area contributed by atoms with E-state index in [2.05, 4.69) is 5.32 Å². The van der Waals surface area contributed by atoms with Crippen LogP contribution < -0.4 is 14.8 Å². The fourth-order valence-corrected chi connectivity index (χ4v) is 5.16. The molecule has 0 radical (unpaired) electrons. The smallest absolute Gasteiger partial charge is 0.329 e. The van der Waals surface area contributed by atoms with Crippen molar-refractivity contribution in [1.82, 2.24) is 0 Å². The highest BCUT2D eigenvalue weighted by Crippen LogP contribution is 2.43. The van der Waals surface area contributed by atoms with Crippen LogP contribution in [-0.4, -0.2) is 50.2 Å². The predicted molar refractivity (Wildman–Crippen MR) is 131 cm³/mol. The maximum atomic E-state index is 15.6. The Morgan fingerprint density at radius 2 is 1.72 bits per heavy atom. The third-order valence-corrected chi connectivity index (χ3v) is 7.22. The predicted octanol–water partition coefficient (Wildman–Crippen LogP) is 5.46. The summed E-state index contributed by atoms with van der Waals surface area (Å²) in [7, 11) is 2.64. The van der Waals surface area contributed by atoms with Gasteiger partial charge in [0.2, 0.25) is 0 Å². The van der Waals surface area contributed by atoms with E-state index in [1.165, 1.54) is 21.1 Å². The second-order valence-corrected chi connectivity index (χ2v) is 9.41. The molecule has 2 N–H and O–H groups in total. The van der Waals surface area contributed by atoms with Crippen molar-refractivity contribution in [2.24, 2.45) is 0 Å². The van der Waals surface area contributed by atoms with Crippen LogP contribution in [0.3, 0.4) is 0 Å². The Labute approximate surface area is 209 Å². The molecule has 7 nitrogen and oxygen atoms in total. The molecule has 4 rings (SSSR count). The molecule has 0 bridgehead atoms. The van der Waals surface area contributed by atoms with Crippen molar-refractivity contribution in [3.8, 4) is 22.6 Å². The summed E-state index contributed by atoms with van der Waals surface area (Å²) in [6, 6.07) is 4.93. The van der Waals surface area contributed by atoms with Gasteiger partial charge in [0.15, 0.2) is 23.1 Å². The van der Waals surface area contributed by atoms with Crippen LogP contribution in [0.1, 0.15) is 49.7 Å². The minimum atomic E-state index is -1.18. The van der Waals surface area contributed by atoms with Gasteiger partial charge in [0, 0.05) is 37.3 Å². The van der Waals surface area contributed by atoms with E-state index in [1.807, 2.05) is 0 Å². The SMILES string of the molecule is COc1c(C)c(OC)c(F)c(-c2ccc(NC3(C(=O)O)CCOCC3)cc2COC2CCCC2)c1F. The first kappa shape index (κ1) is 26.2. The first-order valence-corrected chi connectivity index (χ1v) is 12.2. The van der Waals surface area contributed by atoms with Crippen LogP contribution in [0.25, 0.3) is 11.1 Å². The van der Waals surface area contributed by atoms with E-state index >= 15 is 8.78 Å².